The highest BCUT2D eigenvalue weighted by Gasteiger charge is 2.34. The molecule has 0 rings (SSSR count). The molecule has 0 aliphatic heterocycles. The Morgan fingerprint density at radius 2 is 2.23 bits per heavy atom. The number of hydrogen-bond donors (Lipinski definition) is 0. The van der Waals surface area contributed by atoms with Gasteiger partial charge in [-0.05, 0) is 18.5 Å². The summed E-state index contributed by atoms with van der Waals surface area (Å²) >= 11 is 5.51. The smallest absolute Gasteiger partial charge is 0.306 e. The van der Waals surface area contributed by atoms with Crippen LogP contribution in [-0.2, 0) is 9.53 Å². The van der Waals surface area contributed by atoms with Gasteiger partial charge in [-0.15, -0.1) is 0 Å². The van der Waals surface area contributed by atoms with Crippen molar-refractivity contribution in [3.8, 4) is 0 Å². The Bertz CT molecular complexity index is 205. The summed E-state index contributed by atoms with van der Waals surface area (Å²) in [5.74, 6) is -0.462. The molecule has 0 aliphatic carbocycles. The van der Waals surface area contributed by atoms with Crippen LogP contribution in [0.4, 0.5) is 0 Å². The van der Waals surface area contributed by atoms with Crippen molar-refractivity contribution in [2.24, 2.45) is 0 Å². The molecule has 0 fully saturated rings. The van der Waals surface area contributed by atoms with Crippen LogP contribution < -0.4 is 0 Å². The molecule has 0 heterocycles. The fourth-order valence-electron chi connectivity index (χ4n) is 0.655. The second-order valence-electron chi connectivity index (χ2n) is 2.70. The Labute approximate surface area is 81.2 Å². The van der Waals surface area contributed by atoms with E-state index >= 15 is 0 Å². The van der Waals surface area contributed by atoms with E-state index in [1.807, 2.05) is 0 Å². The van der Waals surface area contributed by atoms with Gasteiger partial charge in [0.15, 0.2) is 0 Å². The van der Waals surface area contributed by atoms with E-state index in [4.69, 9.17) is 11.6 Å². The van der Waals surface area contributed by atoms with E-state index in [1.54, 1.807) is 6.92 Å². The maximum Gasteiger partial charge on any atom is 0.306 e. The molecule has 0 saturated carbocycles. The first-order valence-electron chi connectivity index (χ1n) is 3.89. The highest BCUT2D eigenvalue weighted by Crippen LogP contribution is 2.21. The summed E-state index contributed by atoms with van der Waals surface area (Å²) in [6, 6.07) is 0. The van der Waals surface area contributed by atoms with Crippen molar-refractivity contribution in [3.05, 3.63) is 10.1 Å². The molecule has 0 spiro atoms. The van der Waals surface area contributed by atoms with Crippen LogP contribution in [0.5, 0.6) is 0 Å². The summed E-state index contributed by atoms with van der Waals surface area (Å²) in [6.45, 7) is 3.20. The van der Waals surface area contributed by atoms with E-state index in [1.165, 1.54) is 6.92 Å². The molecule has 5 nitrogen and oxygen atoms in total. The minimum Gasteiger partial charge on any atom is -0.466 e. The fourth-order valence-corrected chi connectivity index (χ4v) is 0.749. The lowest BCUT2D eigenvalue weighted by Gasteiger charge is -2.11. The number of carbonyl (C=O) groups excluding carboxylic acids is 1. The second kappa shape index (κ2) is 5.01. The molecule has 6 heteroatoms. The quantitative estimate of drug-likeness (QED) is 0.227. The molecule has 1 atom stereocenters. The molecule has 0 aromatic rings. The van der Waals surface area contributed by atoms with E-state index in [2.05, 4.69) is 4.74 Å². The first kappa shape index (κ1) is 12.2. The zero-order chi connectivity index (χ0) is 10.5. The van der Waals surface area contributed by atoms with Gasteiger partial charge in [-0.25, -0.2) is 0 Å². The molecule has 0 amide bonds. The normalized spacial score (nSPS) is 14.7. The largest absolute Gasteiger partial charge is 0.466 e. The predicted molar refractivity (Wildman–Crippen MR) is 47.1 cm³/mol. The number of carbonyl (C=O) groups is 1. The van der Waals surface area contributed by atoms with Gasteiger partial charge in [0.1, 0.15) is 0 Å². The number of halogens is 1. The molecular formula is C7H12ClNO4. The maximum absolute atomic E-state index is 10.8. The van der Waals surface area contributed by atoms with Gasteiger partial charge in [0.25, 0.3) is 5.00 Å². The molecule has 1 unspecified atom stereocenters. The molecule has 0 saturated heterocycles. The van der Waals surface area contributed by atoms with Crippen molar-refractivity contribution in [1.82, 2.24) is 0 Å². The number of esters is 1. The van der Waals surface area contributed by atoms with E-state index < -0.39 is 15.9 Å². The van der Waals surface area contributed by atoms with Crippen molar-refractivity contribution in [1.29, 1.82) is 0 Å². The van der Waals surface area contributed by atoms with Gasteiger partial charge < -0.3 is 4.74 Å². The minimum atomic E-state index is -1.58. The number of alkyl halides is 1. The van der Waals surface area contributed by atoms with Gasteiger partial charge in [0, 0.05) is 18.3 Å². The van der Waals surface area contributed by atoms with E-state index in [9.17, 15) is 14.9 Å². The van der Waals surface area contributed by atoms with Gasteiger partial charge in [-0.2, -0.15) is 0 Å². The van der Waals surface area contributed by atoms with Crippen LogP contribution in [0, 0.1) is 10.1 Å². The van der Waals surface area contributed by atoms with Crippen LogP contribution in [0.2, 0.25) is 0 Å². The summed E-state index contributed by atoms with van der Waals surface area (Å²) in [5, 5.41) is 10.3. The van der Waals surface area contributed by atoms with Crippen molar-refractivity contribution in [2.45, 2.75) is 31.7 Å². The highest BCUT2D eigenvalue weighted by molar-refractivity contribution is 6.22. The maximum atomic E-state index is 10.8. The molecule has 0 aromatic carbocycles. The molecule has 76 valence electrons. The molecule has 0 aromatic heterocycles. The molecule has 0 radical (unpaired) electrons. The average Bonchev–Trinajstić information content (AvgIpc) is 2.01. The van der Waals surface area contributed by atoms with Gasteiger partial charge >= 0.3 is 5.97 Å². The number of ether oxygens (including phenoxy) is 1. The van der Waals surface area contributed by atoms with Crippen molar-refractivity contribution in [2.75, 3.05) is 6.61 Å². The van der Waals surface area contributed by atoms with Crippen LogP contribution in [0.15, 0.2) is 0 Å². The third-order valence-corrected chi connectivity index (χ3v) is 1.80. The average molecular weight is 210 g/mol. The number of nitro groups is 1. The summed E-state index contributed by atoms with van der Waals surface area (Å²) in [6.07, 6.45) is -0.0603. The Kier molecular flexibility index (Phi) is 4.69. The monoisotopic (exact) mass is 209 g/mol. The zero-order valence-corrected chi connectivity index (χ0v) is 8.34. The molecule has 0 bridgehead atoms. The van der Waals surface area contributed by atoms with E-state index in [0.29, 0.717) is 0 Å². The van der Waals surface area contributed by atoms with E-state index in [0.717, 1.165) is 0 Å². The topological polar surface area (TPSA) is 69.4 Å². The lowest BCUT2D eigenvalue weighted by atomic mass is 10.2. The molecule has 0 N–H and O–H groups in total. The van der Waals surface area contributed by atoms with Crippen LogP contribution in [0.3, 0.4) is 0 Å². The first-order chi connectivity index (χ1) is 5.90. The van der Waals surface area contributed by atoms with Crippen molar-refractivity contribution < 1.29 is 14.5 Å². The Balaban J connectivity index is 3.88. The summed E-state index contributed by atoms with van der Waals surface area (Å²) in [4.78, 5) is 18.9. The van der Waals surface area contributed by atoms with Gasteiger partial charge in [-0.1, -0.05) is 0 Å². The number of rotatable bonds is 5. The van der Waals surface area contributed by atoms with Crippen LogP contribution in [-0.4, -0.2) is 22.5 Å². The Morgan fingerprint density at radius 1 is 1.69 bits per heavy atom. The minimum absolute atomic E-state index is 0.0274. The SMILES string of the molecule is CCOC(=O)CCC(C)(Cl)[N+](=O)[O-]. The van der Waals surface area contributed by atoms with Gasteiger partial charge in [0.2, 0.25) is 0 Å². The third kappa shape index (κ3) is 4.67. The molecule has 0 aliphatic rings. The lowest BCUT2D eigenvalue weighted by Crippen LogP contribution is -2.28. The van der Waals surface area contributed by atoms with Crippen LogP contribution in [0.25, 0.3) is 0 Å². The summed E-state index contributed by atoms with van der Waals surface area (Å²) < 4.78 is 4.60. The van der Waals surface area contributed by atoms with Gasteiger partial charge in [0.05, 0.1) is 13.0 Å². The lowest BCUT2D eigenvalue weighted by molar-refractivity contribution is -0.538. The summed E-state index contributed by atoms with van der Waals surface area (Å²) in [5.41, 5.74) is 0. The standard InChI is InChI=1S/C7H12ClNO4/c1-3-13-6(10)4-5-7(2,8)9(11)12/h3-5H2,1-2H3. The van der Waals surface area contributed by atoms with Crippen LogP contribution >= 0.6 is 11.6 Å². The van der Waals surface area contributed by atoms with Crippen molar-refractivity contribution >= 4 is 17.6 Å². The van der Waals surface area contributed by atoms with E-state index in [-0.39, 0.29) is 19.4 Å². The molecule has 13 heavy (non-hydrogen) atoms. The van der Waals surface area contributed by atoms with Gasteiger partial charge in [-0.3, -0.25) is 14.9 Å². The number of nitrogens with zero attached hydrogens (tertiary/aromatic N) is 1. The Morgan fingerprint density at radius 3 is 2.62 bits per heavy atom. The Hall–Kier alpha value is -0.840. The van der Waals surface area contributed by atoms with Crippen LogP contribution in [0.1, 0.15) is 26.7 Å². The fraction of sp³-hybridized carbons (Fsp3) is 0.857. The summed E-state index contributed by atoms with van der Waals surface area (Å²) in [7, 11) is 0. The highest BCUT2D eigenvalue weighted by atomic mass is 35.5. The second-order valence-corrected chi connectivity index (χ2v) is 3.52. The number of hydrogen-bond acceptors (Lipinski definition) is 4. The van der Waals surface area contributed by atoms with Crippen molar-refractivity contribution in [3.63, 3.8) is 0 Å². The zero-order valence-electron chi connectivity index (χ0n) is 7.58. The third-order valence-electron chi connectivity index (χ3n) is 1.47. The predicted octanol–water partition coefficient (Wildman–Crippen LogP) is 1.56. The molecular weight excluding hydrogens is 198 g/mol. The first-order valence-corrected chi connectivity index (χ1v) is 4.27.